The molecule has 112 valence electrons. The van der Waals surface area contributed by atoms with Crippen molar-refractivity contribution in [2.24, 2.45) is 0 Å². The van der Waals surface area contributed by atoms with Crippen LogP contribution in [0.2, 0.25) is 0 Å². The largest absolute Gasteiger partial charge is 0.373 e. The molecule has 0 saturated carbocycles. The smallest absolute Gasteiger partial charge is 0.337 e. The van der Waals surface area contributed by atoms with Crippen LogP contribution in [0.4, 0.5) is 0 Å². The van der Waals surface area contributed by atoms with E-state index in [1.807, 2.05) is 37.3 Å². The summed E-state index contributed by atoms with van der Waals surface area (Å²) in [6, 6.07) is 10.0. The highest BCUT2D eigenvalue weighted by molar-refractivity contribution is 7.81. The molecule has 0 aromatic heterocycles. The number of nitrogens with one attached hydrogen (secondary N) is 1. The molecule has 0 unspecified atom stereocenters. The Morgan fingerprint density at radius 3 is 2.30 bits per heavy atom. The van der Waals surface area contributed by atoms with E-state index in [-0.39, 0.29) is 12.2 Å². The van der Waals surface area contributed by atoms with Gasteiger partial charge in [0.05, 0.1) is 18.2 Å². The zero-order valence-electron chi connectivity index (χ0n) is 12.2. The van der Waals surface area contributed by atoms with Crippen molar-refractivity contribution in [3.05, 3.63) is 35.9 Å². The van der Waals surface area contributed by atoms with Crippen molar-refractivity contribution in [3.63, 3.8) is 0 Å². The lowest BCUT2D eigenvalue weighted by Gasteiger charge is -2.20. The van der Waals surface area contributed by atoms with Gasteiger partial charge in [0.2, 0.25) is 0 Å². The van der Waals surface area contributed by atoms with Crippen LogP contribution in [-0.2, 0) is 13.6 Å². The molecule has 0 amide bonds. The first-order chi connectivity index (χ1) is 9.50. The molecule has 1 N–H and O–H groups in total. The molecule has 1 atom stereocenters. The van der Waals surface area contributed by atoms with E-state index in [4.69, 9.17) is 21.3 Å². The van der Waals surface area contributed by atoms with Crippen molar-refractivity contribution < 1.29 is 13.6 Å². The van der Waals surface area contributed by atoms with Crippen molar-refractivity contribution in [3.8, 4) is 0 Å². The van der Waals surface area contributed by atoms with Gasteiger partial charge >= 0.3 is 7.60 Å². The molecule has 0 spiro atoms. The predicted molar refractivity (Wildman–Crippen MR) is 86.3 cm³/mol. The summed E-state index contributed by atoms with van der Waals surface area (Å²) >= 11 is 5.26. The summed E-state index contributed by atoms with van der Waals surface area (Å²) in [6.45, 7) is 6.26. The highest BCUT2D eigenvalue weighted by Gasteiger charge is 2.26. The molecule has 0 aliphatic carbocycles. The molecule has 6 heteroatoms. The summed E-state index contributed by atoms with van der Waals surface area (Å²) < 4.78 is 22.8. The minimum atomic E-state index is -3.13. The quantitative estimate of drug-likeness (QED) is 0.582. The Morgan fingerprint density at radius 1 is 1.25 bits per heavy atom. The van der Waals surface area contributed by atoms with Crippen LogP contribution in [0.5, 0.6) is 0 Å². The average Bonchev–Trinajstić information content (AvgIpc) is 2.39. The summed E-state index contributed by atoms with van der Waals surface area (Å²) in [7, 11) is -3.13. The Morgan fingerprint density at radius 2 is 1.80 bits per heavy atom. The highest BCUT2D eigenvalue weighted by Crippen LogP contribution is 2.47. The summed E-state index contributed by atoms with van der Waals surface area (Å²) in [5.41, 5.74) is 1.12. The lowest BCUT2D eigenvalue weighted by molar-refractivity contribution is 0.223. The first kappa shape index (κ1) is 17.3. The first-order valence-corrected chi connectivity index (χ1v) is 8.86. The van der Waals surface area contributed by atoms with Crippen molar-refractivity contribution in [1.82, 2.24) is 5.32 Å². The van der Waals surface area contributed by atoms with Crippen molar-refractivity contribution in [2.45, 2.75) is 26.8 Å². The second-order valence-corrected chi connectivity index (χ2v) is 6.85. The van der Waals surface area contributed by atoms with Gasteiger partial charge in [0, 0.05) is 6.04 Å². The molecule has 0 saturated heterocycles. The van der Waals surface area contributed by atoms with Crippen molar-refractivity contribution in [1.29, 1.82) is 0 Å². The molecule has 20 heavy (non-hydrogen) atoms. The Bertz CT molecular complexity index is 457. The standard InChI is InChI=1S/C14H22NO3PS/c1-4-17-19(16,18-5-2)11-14(20)15-12(3)13-9-7-6-8-10-13/h6-10,12H,4-5,11H2,1-3H3,(H,15,20)/t12-/m0/s1. The minimum absolute atomic E-state index is 0.0559. The molecule has 1 aromatic carbocycles. The van der Waals surface area contributed by atoms with Gasteiger partial charge in [-0.3, -0.25) is 4.57 Å². The third kappa shape index (κ3) is 5.71. The zero-order chi connectivity index (χ0) is 15.0. The van der Waals surface area contributed by atoms with E-state index in [2.05, 4.69) is 5.32 Å². The predicted octanol–water partition coefficient (Wildman–Crippen LogP) is 3.93. The normalized spacial score (nSPS) is 12.9. The Hall–Kier alpha value is -0.740. The summed E-state index contributed by atoms with van der Waals surface area (Å²) in [5, 5.41) is 3.17. The summed E-state index contributed by atoms with van der Waals surface area (Å²) in [5.74, 6) is 0. The fourth-order valence-electron chi connectivity index (χ4n) is 1.81. The van der Waals surface area contributed by atoms with E-state index >= 15 is 0 Å². The lowest BCUT2D eigenvalue weighted by atomic mass is 10.1. The van der Waals surface area contributed by atoms with Gasteiger partial charge in [-0.15, -0.1) is 0 Å². The average molecular weight is 315 g/mol. The van der Waals surface area contributed by atoms with Crippen LogP contribution < -0.4 is 5.32 Å². The van der Waals surface area contributed by atoms with E-state index in [1.54, 1.807) is 13.8 Å². The van der Waals surface area contributed by atoms with Crippen LogP contribution in [0.3, 0.4) is 0 Å². The Balaban J connectivity index is 2.60. The maximum Gasteiger partial charge on any atom is 0.337 e. The van der Waals surface area contributed by atoms with Crippen LogP contribution >= 0.6 is 19.8 Å². The van der Waals surface area contributed by atoms with Crippen LogP contribution in [0, 0.1) is 0 Å². The third-order valence-electron chi connectivity index (χ3n) is 2.67. The maximum atomic E-state index is 12.4. The van der Waals surface area contributed by atoms with Gasteiger partial charge in [0.15, 0.2) is 0 Å². The SMILES string of the molecule is CCOP(=O)(CC(=S)N[C@@H](C)c1ccccc1)OCC. The van der Waals surface area contributed by atoms with E-state index in [0.717, 1.165) is 5.56 Å². The number of benzene rings is 1. The molecule has 0 radical (unpaired) electrons. The fourth-order valence-corrected chi connectivity index (χ4v) is 3.95. The second-order valence-electron chi connectivity index (χ2n) is 4.30. The Kier molecular flexibility index (Phi) is 7.38. The van der Waals surface area contributed by atoms with Crippen LogP contribution in [-0.4, -0.2) is 24.4 Å². The number of hydrogen-bond donors (Lipinski definition) is 1. The number of thiocarbonyl (C=S) groups is 1. The van der Waals surface area contributed by atoms with Gasteiger partial charge in [-0.2, -0.15) is 0 Å². The molecule has 0 heterocycles. The van der Waals surface area contributed by atoms with Crippen molar-refractivity contribution >= 4 is 24.8 Å². The van der Waals surface area contributed by atoms with Gasteiger partial charge in [-0.05, 0) is 26.3 Å². The minimum Gasteiger partial charge on any atom is -0.373 e. The highest BCUT2D eigenvalue weighted by atomic mass is 32.1. The van der Waals surface area contributed by atoms with Crippen LogP contribution in [0.25, 0.3) is 0 Å². The molecule has 0 fully saturated rings. The van der Waals surface area contributed by atoms with Gasteiger partial charge in [-0.1, -0.05) is 42.5 Å². The second kappa shape index (κ2) is 8.53. The van der Waals surface area contributed by atoms with Crippen LogP contribution in [0.15, 0.2) is 30.3 Å². The molecular weight excluding hydrogens is 293 g/mol. The Labute approximate surface area is 126 Å². The van der Waals surface area contributed by atoms with Gasteiger partial charge in [0.25, 0.3) is 0 Å². The molecule has 0 aliphatic rings. The van der Waals surface area contributed by atoms with Crippen molar-refractivity contribution in [2.75, 3.05) is 19.4 Å². The zero-order valence-corrected chi connectivity index (χ0v) is 13.9. The first-order valence-electron chi connectivity index (χ1n) is 6.73. The number of hydrogen-bond acceptors (Lipinski definition) is 4. The van der Waals surface area contributed by atoms with Gasteiger partial charge < -0.3 is 14.4 Å². The molecule has 1 aromatic rings. The fraction of sp³-hybridized carbons (Fsp3) is 0.500. The van der Waals surface area contributed by atoms with E-state index in [9.17, 15) is 4.57 Å². The maximum absolute atomic E-state index is 12.4. The molecule has 1 rings (SSSR count). The molecule has 4 nitrogen and oxygen atoms in total. The monoisotopic (exact) mass is 315 g/mol. The topological polar surface area (TPSA) is 47.6 Å². The molecule has 0 aliphatic heterocycles. The van der Waals surface area contributed by atoms with E-state index in [1.165, 1.54) is 0 Å². The summed E-state index contributed by atoms with van der Waals surface area (Å²) in [6.07, 6.45) is 0.112. The third-order valence-corrected chi connectivity index (χ3v) is 5.15. The lowest BCUT2D eigenvalue weighted by Crippen LogP contribution is -2.28. The number of rotatable bonds is 8. The summed E-state index contributed by atoms with van der Waals surface area (Å²) in [4.78, 5) is 0.492. The molecular formula is C14H22NO3PS. The van der Waals surface area contributed by atoms with Gasteiger partial charge in [0.1, 0.15) is 6.16 Å². The molecule has 0 bridgehead atoms. The van der Waals surface area contributed by atoms with Crippen LogP contribution in [0.1, 0.15) is 32.4 Å². The van der Waals surface area contributed by atoms with E-state index in [0.29, 0.717) is 18.2 Å². The van der Waals surface area contributed by atoms with Gasteiger partial charge in [-0.25, -0.2) is 0 Å². The van der Waals surface area contributed by atoms with E-state index < -0.39 is 7.60 Å².